The van der Waals surface area contributed by atoms with E-state index in [1.807, 2.05) is 19.9 Å². The van der Waals surface area contributed by atoms with E-state index < -0.39 is 0 Å². The van der Waals surface area contributed by atoms with E-state index in [4.69, 9.17) is 0 Å². The second kappa shape index (κ2) is 4.60. The molecule has 0 saturated carbocycles. The first-order valence-corrected chi connectivity index (χ1v) is 5.67. The maximum atomic E-state index is 11.7. The molecule has 14 heavy (non-hydrogen) atoms. The van der Waals surface area contributed by atoms with Gasteiger partial charge in [0.25, 0.3) is 5.91 Å². The molecule has 3 heteroatoms. The molecule has 0 unspecified atom stereocenters. The van der Waals surface area contributed by atoms with Gasteiger partial charge in [-0.1, -0.05) is 13.8 Å². The number of amides is 1. The molecule has 0 aliphatic heterocycles. The molecular formula is C11H17NOS. The second-order valence-electron chi connectivity index (χ2n) is 3.93. The Morgan fingerprint density at radius 1 is 1.50 bits per heavy atom. The van der Waals surface area contributed by atoms with Crippen LogP contribution in [-0.4, -0.2) is 12.5 Å². The van der Waals surface area contributed by atoms with Crippen molar-refractivity contribution in [2.24, 2.45) is 5.92 Å². The number of hydrogen-bond donors (Lipinski definition) is 1. The number of carbonyl (C=O) groups is 1. The van der Waals surface area contributed by atoms with Crippen molar-refractivity contribution < 1.29 is 4.79 Å². The van der Waals surface area contributed by atoms with Crippen LogP contribution in [0.3, 0.4) is 0 Å². The summed E-state index contributed by atoms with van der Waals surface area (Å²) in [6.07, 6.45) is 0. The Kier molecular flexibility index (Phi) is 3.69. The van der Waals surface area contributed by atoms with Gasteiger partial charge in [-0.15, -0.1) is 11.3 Å². The van der Waals surface area contributed by atoms with Crippen LogP contribution in [-0.2, 0) is 0 Å². The van der Waals surface area contributed by atoms with Gasteiger partial charge < -0.3 is 5.32 Å². The van der Waals surface area contributed by atoms with Gasteiger partial charge in [0.1, 0.15) is 0 Å². The molecule has 0 saturated heterocycles. The summed E-state index contributed by atoms with van der Waals surface area (Å²) in [5.41, 5.74) is 0.827. The molecule has 0 aliphatic rings. The third kappa shape index (κ3) is 2.84. The Morgan fingerprint density at radius 2 is 2.14 bits per heavy atom. The van der Waals surface area contributed by atoms with Gasteiger partial charge in [-0.25, -0.2) is 0 Å². The maximum Gasteiger partial charge on any atom is 0.252 e. The van der Waals surface area contributed by atoms with Crippen molar-refractivity contribution in [2.75, 3.05) is 6.54 Å². The lowest BCUT2D eigenvalue weighted by Crippen LogP contribution is -2.27. The summed E-state index contributed by atoms with van der Waals surface area (Å²) in [6.45, 7) is 8.93. The fourth-order valence-electron chi connectivity index (χ4n) is 1.25. The predicted octanol–water partition coefficient (Wildman–Crippen LogP) is 2.75. The van der Waals surface area contributed by atoms with E-state index in [2.05, 4.69) is 19.2 Å². The van der Waals surface area contributed by atoms with Gasteiger partial charge in [-0.05, 0) is 25.8 Å². The highest BCUT2D eigenvalue weighted by Gasteiger charge is 2.11. The van der Waals surface area contributed by atoms with Crippen molar-refractivity contribution in [1.29, 1.82) is 0 Å². The minimum atomic E-state index is 0.0561. The van der Waals surface area contributed by atoms with Gasteiger partial charge in [0.15, 0.2) is 0 Å². The van der Waals surface area contributed by atoms with Crippen LogP contribution in [0.4, 0.5) is 0 Å². The first kappa shape index (κ1) is 11.2. The van der Waals surface area contributed by atoms with Crippen LogP contribution in [0.2, 0.25) is 0 Å². The first-order valence-electron chi connectivity index (χ1n) is 4.86. The molecular weight excluding hydrogens is 194 g/mol. The molecule has 1 heterocycles. The zero-order valence-corrected chi connectivity index (χ0v) is 9.99. The predicted molar refractivity (Wildman–Crippen MR) is 61.0 cm³/mol. The summed E-state index contributed by atoms with van der Waals surface area (Å²) in [5.74, 6) is 0.555. The summed E-state index contributed by atoms with van der Waals surface area (Å²) in [7, 11) is 0. The minimum Gasteiger partial charge on any atom is -0.352 e. The monoisotopic (exact) mass is 211 g/mol. The van der Waals surface area contributed by atoms with Gasteiger partial charge >= 0.3 is 0 Å². The lowest BCUT2D eigenvalue weighted by molar-refractivity contribution is 0.0949. The molecule has 0 aliphatic carbocycles. The van der Waals surface area contributed by atoms with E-state index in [1.165, 1.54) is 4.88 Å². The molecule has 0 fully saturated rings. The maximum absolute atomic E-state index is 11.7. The van der Waals surface area contributed by atoms with Gasteiger partial charge in [0.2, 0.25) is 0 Å². The molecule has 0 radical (unpaired) electrons. The van der Waals surface area contributed by atoms with Crippen molar-refractivity contribution in [3.8, 4) is 0 Å². The summed E-state index contributed by atoms with van der Waals surface area (Å²) in [4.78, 5) is 14.0. The zero-order valence-electron chi connectivity index (χ0n) is 9.18. The molecule has 0 spiro atoms. The lowest BCUT2D eigenvalue weighted by atomic mass is 10.2. The Morgan fingerprint density at radius 3 is 2.57 bits per heavy atom. The quantitative estimate of drug-likeness (QED) is 0.818. The van der Waals surface area contributed by atoms with E-state index in [0.717, 1.165) is 17.0 Å². The largest absolute Gasteiger partial charge is 0.352 e. The average molecular weight is 211 g/mol. The molecule has 1 N–H and O–H groups in total. The lowest BCUT2D eigenvalue weighted by Gasteiger charge is -2.06. The van der Waals surface area contributed by atoms with E-state index in [1.54, 1.807) is 11.3 Å². The van der Waals surface area contributed by atoms with Gasteiger partial charge in [-0.2, -0.15) is 0 Å². The molecule has 1 aromatic heterocycles. The molecule has 78 valence electrons. The molecule has 2 nitrogen and oxygen atoms in total. The van der Waals surface area contributed by atoms with Crippen LogP contribution < -0.4 is 5.32 Å². The highest BCUT2D eigenvalue weighted by Crippen LogP contribution is 2.20. The van der Waals surface area contributed by atoms with Gasteiger partial charge in [0.05, 0.1) is 5.56 Å². The number of thiophene rings is 1. The third-order valence-electron chi connectivity index (χ3n) is 1.96. The third-order valence-corrected chi connectivity index (χ3v) is 2.92. The highest BCUT2D eigenvalue weighted by molar-refractivity contribution is 7.12. The van der Waals surface area contributed by atoms with Crippen molar-refractivity contribution in [2.45, 2.75) is 27.7 Å². The molecule has 1 rings (SSSR count). The molecule has 1 amide bonds. The van der Waals surface area contributed by atoms with Gasteiger partial charge in [0, 0.05) is 16.3 Å². The van der Waals surface area contributed by atoms with Crippen molar-refractivity contribution in [3.63, 3.8) is 0 Å². The molecule has 0 aromatic carbocycles. The number of rotatable bonds is 3. The number of nitrogens with one attached hydrogen (secondary N) is 1. The standard InChI is InChI=1S/C11H17NOS/c1-7(2)6-12-11(13)10-5-8(3)14-9(10)4/h5,7H,6H2,1-4H3,(H,12,13). The van der Waals surface area contributed by atoms with Crippen LogP contribution in [0.5, 0.6) is 0 Å². The second-order valence-corrected chi connectivity index (χ2v) is 5.39. The van der Waals surface area contributed by atoms with E-state index >= 15 is 0 Å². The average Bonchev–Trinajstić information content (AvgIpc) is 2.41. The summed E-state index contributed by atoms with van der Waals surface area (Å²) < 4.78 is 0. The fourth-order valence-corrected chi connectivity index (χ4v) is 2.17. The smallest absolute Gasteiger partial charge is 0.252 e. The summed E-state index contributed by atoms with van der Waals surface area (Å²) >= 11 is 1.67. The number of hydrogen-bond acceptors (Lipinski definition) is 2. The van der Waals surface area contributed by atoms with E-state index in [0.29, 0.717) is 5.92 Å². The van der Waals surface area contributed by atoms with Crippen LogP contribution in [0.1, 0.15) is 34.0 Å². The molecule has 1 aromatic rings. The fraction of sp³-hybridized carbons (Fsp3) is 0.545. The van der Waals surface area contributed by atoms with Crippen molar-refractivity contribution in [1.82, 2.24) is 5.32 Å². The Bertz CT molecular complexity index is 328. The van der Waals surface area contributed by atoms with E-state index in [9.17, 15) is 4.79 Å². The Labute approximate surface area is 89.3 Å². The van der Waals surface area contributed by atoms with E-state index in [-0.39, 0.29) is 5.91 Å². The molecule has 0 bridgehead atoms. The SMILES string of the molecule is Cc1cc(C(=O)NCC(C)C)c(C)s1. The highest BCUT2D eigenvalue weighted by atomic mass is 32.1. The van der Waals surface area contributed by atoms with Crippen LogP contribution in [0.25, 0.3) is 0 Å². The first-order chi connectivity index (χ1) is 6.50. The summed E-state index contributed by atoms with van der Waals surface area (Å²) in [5, 5.41) is 2.92. The zero-order chi connectivity index (χ0) is 10.7. The Balaban J connectivity index is 2.65. The number of carbonyl (C=O) groups excluding carboxylic acids is 1. The normalized spacial score (nSPS) is 10.6. The van der Waals surface area contributed by atoms with Crippen LogP contribution in [0.15, 0.2) is 6.07 Å². The van der Waals surface area contributed by atoms with Crippen molar-refractivity contribution in [3.05, 3.63) is 21.4 Å². The molecule has 0 atom stereocenters. The Hall–Kier alpha value is -0.830. The topological polar surface area (TPSA) is 29.1 Å². The number of aryl methyl sites for hydroxylation is 2. The summed E-state index contributed by atoms with van der Waals surface area (Å²) in [6, 6.07) is 1.95. The van der Waals surface area contributed by atoms with Crippen molar-refractivity contribution >= 4 is 17.2 Å². The van der Waals surface area contributed by atoms with Gasteiger partial charge in [-0.3, -0.25) is 4.79 Å². The van der Waals surface area contributed by atoms with Crippen LogP contribution in [0, 0.1) is 19.8 Å². The van der Waals surface area contributed by atoms with Crippen LogP contribution >= 0.6 is 11.3 Å². The minimum absolute atomic E-state index is 0.0561.